The molecule has 0 saturated carbocycles. The molecule has 0 fully saturated rings. The van der Waals surface area contributed by atoms with Crippen molar-refractivity contribution in [3.05, 3.63) is 63.3 Å². The van der Waals surface area contributed by atoms with E-state index >= 15 is 0 Å². The number of ether oxygens (including phenoxy) is 1. The van der Waals surface area contributed by atoms with Crippen LogP contribution in [0.5, 0.6) is 0 Å². The van der Waals surface area contributed by atoms with E-state index in [0.29, 0.717) is 4.88 Å². The van der Waals surface area contributed by atoms with E-state index in [0.717, 1.165) is 9.75 Å². The first-order valence-corrected chi connectivity index (χ1v) is 10.4. The summed E-state index contributed by atoms with van der Waals surface area (Å²) in [6.45, 7) is 0. The zero-order valence-corrected chi connectivity index (χ0v) is 16.7. The molecule has 130 valence electrons. The SMILES string of the molecule is COC(=O)c1ccc(-c2ccc(/C=C/c3sc4ccccc4[n+]3C)s2)s1. The molecule has 0 amide bonds. The molecule has 4 aromatic rings. The number of hydrogen-bond acceptors (Lipinski definition) is 5. The minimum atomic E-state index is -0.282. The topological polar surface area (TPSA) is 30.2 Å². The second kappa shape index (κ2) is 7.15. The lowest BCUT2D eigenvalue weighted by Crippen LogP contribution is -2.28. The van der Waals surface area contributed by atoms with E-state index in [2.05, 4.69) is 60.2 Å². The van der Waals surface area contributed by atoms with Crippen LogP contribution in [0.4, 0.5) is 0 Å². The minimum Gasteiger partial charge on any atom is -0.465 e. The lowest BCUT2D eigenvalue weighted by atomic mass is 10.3. The third-order valence-electron chi connectivity index (χ3n) is 4.02. The molecule has 0 aliphatic heterocycles. The summed E-state index contributed by atoms with van der Waals surface area (Å²) >= 11 is 4.97. The largest absolute Gasteiger partial charge is 0.465 e. The Kier molecular flexibility index (Phi) is 4.72. The zero-order valence-electron chi connectivity index (χ0n) is 14.3. The highest BCUT2D eigenvalue weighted by atomic mass is 32.1. The fourth-order valence-corrected chi connectivity index (χ4v) is 5.65. The number of para-hydroxylation sites is 1. The second-order valence-corrected chi connectivity index (χ2v) is 8.92. The lowest BCUT2D eigenvalue weighted by Gasteiger charge is -1.92. The average Bonchev–Trinajstić information content (AvgIpc) is 3.38. The number of nitrogens with zero attached hydrogens (tertiary/aromatic N) is 1. The summed E-state index contributed by atoms with van der Waals surface area (Å²) in [6, 6.07) is 16.4. The molecule has 26 heavy (non-hydrogen) atoms. The Balaban J connectivity index is 1.58. The van der Waals surface area contributed by atoms with Crippen molar-refractivity contribution in [3.8, 4) is 9.75 Å². The number of aromatic nitrogens is 1. The summed E-state index contributed by atoms with van der Waals surface area (Å²) in [5.41, 5.74) is 1.25. The number of methoxy groups -OCH3 is 1. The molecule has 3 heterocycles. The van der Waals surface area contributed by atoms with Crippen molar-refractivity contribution in [3.63, 3.8) is 0 Å². The van der Waals surface area contributed by atoms with Crippen molar-refractivity contribution in [1.82, 2.24) is 0 Å². The van der Waals surface area contributed by atoms with Gasteiger partial charge in [0, 0.05) is 26.8 Å². The number of rotatable bonds is 4. The van der Waals surface area contributed by atoms with E-state index in [1.165, 1.54) is 38.5 Å². The summed E-state index contributed by atoms with van der Waals surface area (Å²) in [5, 5.41) is 1.21. The Labute approximate surface area is 163 Å². The highest BCUT2D eigenvalue weighted by Gasteiger charge is 2.14. The van der Waals surface area contributed by atoms with E-state index in [4.69, 9.17) is 4.74 Å². The average molecular weight is 399 g/mol. The monoisotopic (exact) mass is 398 g/mol. The molecular weight excluding hydrogens is 382 g/mol. The first kappa shape index (κ1) is 17.1. The normalized spacial score (nSPS) is 11.5. The Morgan fingerprint density at radius 2 is 1.73 bits per heavy atom. The van der Waals surface area contributed by atoms with Gasteiger partial charge in [0.05, 0.1) is 7.11 Å². The highest BCUT2D eigenvalue weighted by Crippen LogP contribution is 2.34. The van der Waals surface area contributed by atoms with Crippen molar-refractivity contribution >= 4 is 62.3 Å². The number of benzene rings is 1. The molecule has 0 aliphatic rings. The maximum absolute atomic E-state index is 11.6. The molecule has 0 N–H and O–H groups in total. The number of esters is 1. The van der Waals surface area contributed by atoms with Gasteiger partial charge in [0.1, 0.15) is 16.6 Å². The van der Waals surface area contributed by atoms with E-state index < -0.39 is 0 Å². The number of fused-ring (bicyclic) bond motifs is 1. The molecular formula is C20H16NO2S3+. The molecule has 0 atom stereocenters. The number of thiazole rings is 1. The first-order chi connectivity index (χ1) is 12.7. The smallest absolute Gasteiger partial charge is 0.348 e. The van der Waals surface area contributed by atoms with Crippen LogP contribution < -0.4 is 4.57 Å². The molecule has 6 heteroatoms. The van der Waals surface area contributed by atoms with Gasteiger partial charge in [-0.1, -0.05) is 23.5 Å². The van der Waals surface area contributed by atoms with Gasteiger partial charge in [-0.3, -0.25) is 0 Å². The minimum absolute atomic E-state index is 0.282. The number of aryl methyl sites for hydroxylation is 1. The molecule has 0 saturated heterocycles. The Bertz CT molecular complexity index is 1120. The first-order valence-electron chi connectivity index (χ1n) is 8.00. The van der Waals surface area contributed by atoms with E-state index in [1.807, 2.05) is 12.1 Å². The van der Waals surface area contributed by atoms with Crippen LogP contribution in [0.3, 0.4) is 0 Å². The molecule has 0 aliphatic carbocycles. The summed E-state index contributed by atoms with van der Waals surface area (Å²) in [7, 11) is 3.50. The van der Waals surface area contributed by atoms with Gasteiger partial charge < -0.3 is 4.74 Å². The van der Waals surface area contributed by atoms with Gasteiger partial charge >= 0.3 is 5.97 Å². The quantitative estimate of drug-likeness (QED) is 0.337. The van der Waals surface area contributed by atoms with Gasteiger partial charge in [-0.15, -0.1) is 22.7 Å². The predicted molar refractivity (Wildman–Crippen MR) is 111 cm³/mol. The van der Waals surface area contributed by atoms with Crippen molar-refractivity contribution < 1.29 is 14.1 Å². The molecule has 3 nitrogen and oxygen atoms in total. The fourth-order valence-electron chi connectivity index (χ4n) is 2.68. The number of thiophene rings is 2. The van der Waals surface area contributed by atoms with Gasteiger partial charge in [0.25, 0.3) is 5.01 Å². The Morgan fingerprint density at radius 3 is 2.54 bits per heavy atom. The Morgan fingerprint density at radius 1 is 0.962 bits per heavy atom. The molecule has 1 aromatic carbocycles. The third kappa shape index (κ3) is 3.23. The van der Waals surface area contributed by atoms with Crippen LogP contribution in [0.2, 0.25) is 0 Å². The van der Waals surface area contributed by atoms with E-state index in [1.54, 1.807) is 22.7 Å². The summed E-state index contributed by atoms with van der Waals surface area (Å²) < 4.78 is 8.28. The van der Waals surface area contributed by atoms with Crippen LogP contribution in [0.25, 0.3) is 32.1 Å². The molecule has 0 spiro atoms. The van der Waals surface area contributed by atoms with Gasteiger partial charge in [-0.2, -0.15) is 4.57 Å². The maximum atomic E-state index is 11.6. The highest BCUT2D eigenvalue weighted by molar-refractivity contribution is 7.23. The Hall–Kier alpha value is -2.28. The summed E-state index contributed by atoms with van der Waals surface area (Å²) in [5.74, 6) is -0.282. The van der Waals surface area contributed by atoms with E-state index in [9.17, 15) is 4.79 Å². The van der Waals surface area contributed by atoms with E-state index in [-0.39, 0.29) is 5.97 Å². The molecule has 0 unspecified atom stereocenters. The number of hydrogen-bond donors (Lipinski definition) is 0. The van der Waals surface area contributed by atoms with Crippen molar-refractivity contribution in [2.45, 2.75) is 0 Å². The van der Waals surface area contributed by atoms with Gasteiger partial charge in [-0.25, -0.2) is 4.79 Å². The number of carbonyl (C=O) groups excluding carboxylic acids is 1. The maximum Gasteiger partial charge on any atom is 0.348 e. The molecule has 0 radical (unpaired) electrons. The van der Waals surface area contributed by atoms with Crippen LogP contribution in [-0.4, -0.2) is 13.1 Å². The molecule has 4 rings (SSSR count). The standard InChI is InChI=1S/C20H16NO2S3/c1-21-14-5-3-4-6-15(14)26-19(21)12-8-13-7-9-16(24-13)17-10-11-18(25-17)20(22)23-2/h3-12H,1-2H3/q+1/b12-8+. The van der Waals surface area contributed by atoms with Crippen LogP contribution >= 0.6 is 34.0 Å². The van der Waals surface area contributed by atoms with Crippen LogP contribution in [0.15, 0.2) is 48.5 Å². The van der Waals surface area contributed by atoms with Crippen LogP contribution in [0, 0.1) is 0 Å². The number of carbonyl (C=O) groups is 1. The summed E-state index contributed by atoms with van der Waals surface area (Å²) in [4.78, 5) is 15.7. The van der Waals surface area contributed by atoms with Crippen molar-refractivity contribution in [2.24, 2.45) is 7.05 Å². The predicted octanol–water partition coefficient (Wildman–Crippen LogP) is 5.47. The van der Waals surface area contributed by atoms with Crippen molar-refractivity contribution in [1.29, 1.82) is 0 Å². The molecule has 0 bridgehead atoms. The van der Waals surface area contributed by atoms with Gasteiger partial charge in [0.15, 0.2) is 0 Å². The zero-order chi connectivity index (χ0) is 18.1. The lowest BCUT2D eigenvalue weighted by molar-refractivity contribution is -0.642. The third-order valence-corrected chi connectivity index (χ3v) is 7.52. The summed E-state index contributed by atoms with van der Waals surface area (Å²) in [6.07, 6.45) is 4.31. The fraction of sp³-hybridized carbons (Fsp3) is 0.100. The van der Waals surface area contributed by atoms with Crippen molar-refractivity contribution in [2.75, 3.05) is 7.11 Å². The van der Waals surface area contributed by atoms with Gasteiger partial charge in [0.2, 0.25) is 5.52 Å². The van der Waals surface area contributed by atoms with Crippen LogP contribution in [0.1, 0.15) is 19.6 Å². The van der Waals surface area contributed by atoms with Crippen LogP contribution in [-0.2, 0) is 11.8 Å². The molecule has 3 aromatic heterocycles. The van der Waals surface area contributed by atoms with Gasteiger partial charge in [-0.05, 0) is 36.4 Å². The second-order valence-electron chi connectivity index (χ2n) is 5.66.